The van der Waals surface area contributed by atoms with Crippen molar-refractivity contribution in [3.05, 3.63) is 35.9 Å². The highest BCUT2D eigenvalue weighted by molar-refractivity contribution is 5.82. The Labute approximate surface area is 137 Å². The van der Waals surface area contributed by atoms with Crippen molar-refractivity contribution >= 4 is 5.97 Å². The summed E-state index contributed by atoms with van der Waals surface area (Å²) in [5.41, 5.74) is -0.809. The molecule has 0 aromatic heterocycles. The maximum Gasteiger partial charge on any atom is 0.343 e. The van der Waals surface area contributed by atoms with Crippen LogP contribution in [-0.4, -0.2) is 41.2 Å². The summed E-state index contributed by atoms with van der Waals surface area (Å²) in [4.78, 5) is 15.3. The number of hydrogen-bond acceptors (Lipinski definition) is 4. The van der Waals surface area contributed by atoms with E-state index < -0.39 is 11.6 Å². The summed E-state index contributed by atoms with van der Waals surface area (Å²) in [6.45, 7) is 0. The van der Waals surface area contributed by atoms with Gasteiger partial charge in [-0.2, -0.15) is 0 Å². The normalized spacial score (nSPS) is 33.2. The summed E-state index contributed by atoms with van der Waals surface area (Å²) in [6.07, 6.45) is 5.97. The molecule has 3 aliphatic rings. The third-order valence-electron chi connectivity index (χ3n) is 6.06. The number of piperidine rings is 1. The van der Waals surface area contributed by atoms with Gasteiger partial charge in [0.1, 0.15) is 6.10 Å². The van der Waals surface area contributed by atoms with Gasteiger partial charge in [0.15, 0.2) is 5.60 Å². The van der Waals surface area contributed by atoms with E-state index in [1.165, 1.54) is 6.42 Å². The zero-order valence-electron chi connectivity index (χ0n) is 13.6. The van der Waals surface area contributed by atoms with Gasteiger partial charge in [0.2, 0.25) is 0 Å². The minimum absolute atomic E-state index is 0.00459. The lowest BCUT2D eigenvalue weighted by atomic mass is 9.88. The fourth-order valence-electron chi connectivity index (χ4n) is 4.46. The maximum absolute atomic E-state index is 12.9. The minimum Gasteiger partial charge on any atom is -0.458 e. The molecule has 2 aliphatic heterocycles. The predicted octanol–water partition coefficient (Wildman–Crippen LogP) is 2.45. The number of hydrogen-bond donors (Lipinski definition) is 1. The summed E-state index contributed by atoms with van der Waals surface area (Å²) in [7, 11) is 2.13. The van der Waals surface area contributed by atoms with E-state index in [1.807, 2.05) is 30.3 Å². The van der Waals surface area contributed by atoms with Crippen molar-refractivity contribution in [2.45, 2.75) is 62.3 Å². The predicted molar refractivity (Wildman–Crippen MR) is 86.7 cm³/mol. The van der Waals surface area contributed by atoms with Crippen molar-refractivity contribution in [2.75, 3.05) is 7.05 Å². The number of ether oxygens (including phenoxy) is 1. The van der Waals surface area contributed by atoms with Crippen LogP contribution in [-0.2, 0) is 15.1 Å². The summed E-state index contributed by atoms with van der Waals surface area (Å²) in [5, 5.41) is 11.2. The largest absolute Gasteiger partial charge is 0.458 e. The Morgan fingerprint density at radius 2 is 1.83 bits per heavy atom. The third-order valence-corrected chi connectivity index (χ3v) is 6.06. The SMILES string of the molecule is CN1C2CCC1[C@H](OC(=O)C(O)(c1ccccc1)C1CC1)CC2. The summed E-state index contributed by atoms with van der Waals surface area (Å²) in [6, 6.07) is 10.3. The molecule has 3 fully saturated rings. The van der Waals surface area contributed by atoms with Crippen LogP contribution < -0.4 is 0 Å². The first kappa shape index (κ1) is 15.2. The molecule has 1 aromatic rings. The van der Waals surface area contributed by atoms with Gasteiger partial charge in [-0.3, -0.25) is 4.90 Å². The zero-order valence-corrected chi connectivity index (χ0v) is 13.6. The van der Waals surface area contributed by atoms with Gasteiger partial charge in [0, 0.05) is 18.0 Å². The zero-order chi connectivity index (χ0) is 16.0. The number of fused-ring (bicyclic) bond motifs is 2. The number of carbonyl (C=O) groups is 1. The number of rotatable bonds is 4. The van der Waals surface area contributed by atoms with Crippen molar-refractivity contribution in [1.29, 1.82) is 0 Å². The lowest BCUT2D eigenvalue weighted by Gasteiger charge is -2.38. The quantitative estimate of drug-likeness (QED) is 0.867. The van der Waals surface area contributed by atoms with Gasteiger partial charge in [0.25, 0.3) is 0 Å². The number of nitrogens with zero attached hydrogens (tertiary/aromatic N) is 1. The van der Waals surface area contributed by atoms with Crippen molar-refractivity contribution in [1.82, 2.24) is 4.90 Å². The smallest absolute Gasteiger partial charge is 0.343 e. The Bertz CT molecular complexity index is 586. The Kier molecular flexibility index (Phi) is 3.69. The average molecular weight is 315 g/mol. The molecule has 2 heterocycles. The number of carbonyl (C=O) groups excluding carboxylic acids is 1. The van der Waals surface area contributed by atoms with Crippen LogP contribution in [0.1, 0.15) is 44.1 Å². The minimum atomic E-state index is -1.48. The van der Waals surface area contributed by atoms with Gasteiger partial charge in [-0.25, -0.2) is 4.79 Å². The molecule has 124 valence electrons. The molecule has 2 saturated heterocycles. The fourth-order valence-corrected chi connectivity index (χ4v) is 4.46. The van der Waals surface area contributed by atoms with Crippen LogP contribution in [0.25, 0.3) is 0 Å². The van der Waals surface area contributed by atoms with E-state index in [0.29, 0.717) is 17.6 Å². The number of aliphatic hydroxyl groups is 1. The van der Waals surface area contributed by atoms with Gasteiger partial charge in [-0.05, 0) is 51.1 Å². The van der Waals surface area contributed by atoms with Crippen molar-refractivity contribution in [3.8, 4) is 0 Å². The first-order valence-corrected chi connectivity index (χ1v) is 8.81. The molecular weight excluding hydrogens is 290 g/mol. The van der Waals surface area contributed by atoms with E-state index in [9.17, 15) is 9.90 Å². The fraction of sp³-hybridized carbons (Fsp3) is 0.632. The summed E-state index contributed by atoms with van der Waals surface area (Å²) in [5.74, 6) is -0.454. The molecule has 0 amide bonds. The second-order valence-electron chi connectivity index (χ2n) is 7.39. The maximum atomic E-state index is 12.9. The second-order valence-corrected chi connectivity index (χ2v) is 7.39. The number of benzene rings is 1. The van der Waals surface area contributed by atoms with E-state index in [0.717, 1.165) is 32.1 Å². The van der Waals surface area contributed by atoms with Crippen LogP contribution in [0.3, 0.4) is 0 Å². The van der Waals surface area contributed by atoms with Crippen molar-refractivity contribution in [2.24, 2.45) is 5.92 Å². The van der Waals surface area contributed by atoms with Crippen LogP contribution >= 0.6 is 0 Å². The van der Waals surface area contributed by atoms with Crippen LogP contribution in [0, 0.1) is 5.92 Å². The highest BCUT2D eigenvalue weighted by Gasteiger charge is 2.53. The molecular formula is C19H25NO3. The summed E-state index contributed by atoms with van der Waals surface area (Å²) < 4.78 is 5.88. The molecule has 1 N–H and O–H groups in total. The van der Waals surface area contributed by atoms with Crippen LogP contribution in [0.4, 0.5) is 0 Å². The first-order valence-electron chi connectivity index (χ1n) is 8.81. The molecule has 23 heavy (non-hydrogen) atoms. The first-order chi connectivity index (χ1) is 11.1. The molecule has 4 atom stereocenters. The Hall–Kier alpha value is -1.39. The van der Waals surface area contributed by atoms with Crippen LogP contribution in [0.15, 0.2) is 30.3 Å². The van der Waals surface area contributed by atoms with Gasteiger partial charge >= 0.3 is 5.97 Å². The number of esters is 1. The molecule has 0 spiro atoms. The number of likely N-dealkylation sites (N-methyl/N-ethyl adjacent to an activating group) is 1. The Morgan fingerprint density at radius 3 is 2.52 bits per heavy atom. The molecule has 4 rings (SSSR count). The van der Waals surface area contributed by atoms with Gasteiger partial charge < -0.3 is 9.84 Å². The molecule has 4 heteroatoms. The molecule has 0 radical (unpaired) electrons. The molecule has 1 saturated carbocycles. The van der Waals surface area contributed by atoms with E-state index in [1.54, 1.807) is 0 Å². The Balaban J connectivity index is 1.55. The van der Waals surface area contributed by atoms with Crippen molar-refractivity contribution < 1.29 is 14.6 Å². The molecule has 1 aromatic carbocycles. The van der Waals surface area contributed by atoms with Gasteiger partial charge in [-0.15, -0.1) is 0 Å². The molecule has 3 unspecified atom stereocenters. The highest BCUT2D eigenvalue weighted by atomic mass is 16.6. The second kappa shape index (κ2) is 5.60. The monoisotopic (exact) mass is 315 g/mol. The van der Waals surface area contributed by atoms with E-state index in [2.05, 4.69) is 11.9 Å². The van der Waals surface area contributed by atoms with Crippen LogP contribution in [0.5, 0.6) is 0 Å². The standard InChI is InChI=1S/C19H25NO3/c1-20-15-9-11-16(20)17(12-10-15)23-18(21)19(22,14-7-8-14)13-5-3-2-4-6-13/h2-6,14-17,22H,7-12H2,1H3/t15?,16?,17-,19?/m1/s1. The third kappa shape index (κ3) is 2.48. The van der Waals surface area contributed by atoms with Gasteiger partial charge in [0.05, 0.1) is 0 Å². The van der Waals surface area contributed by atoms with Crippen LogP contribution in [0.2, 0.25) is 0 Å². The molecule has 4 nitrogen and oxygen atoms in total. The van der Waals surface area contributed by atoms with E-state index in [4.69, 9.17) is 4.74 Å². The van der Waals surface area contributed by atoms with Gasteiger partial charge in [-0.1, -0.05) is 30.3 Å². The van der Waals surface area contributed by atoms with E-state index in [-0.39, 0.29) is 12.0 Å². The average Bonchev–Trinajstić information content (AvgIpc) is 3.38. The topological polar surface area (TPSA) is 49.8 Å². The van der Waals surface area contributed by atoms with E-state index >= 15 is 0 Å². The lowest BCUT2D eigenvalue weighted by Crippen LogP contribution is -2.49. The summed E-state index contributed by atoms with van der Waals surface area (Å²) >= 11 is 0. The molecule has 2 bridgehead atoms. The van der Waals surface area contributed by atoms with Crippen molar-refractivity contribution in [3.63, 3.8) is 0 Å². The molecule has 1 aliphatic carbocycles. The Morgan fingerprint density at radius 1 is 1.13 bits per heavy atom. The lowest BCUT2D eigenvalue weighted by molar-refractivity contribution is -0.180. The highest BCUT2D eigenvalue weighted by Crippen LogP contribution is 2.47.